The normalized spacial score (nSPS) is 20.7. The third kappa shape index (κ3) is 6.74. The monoisotopic (exact) mass is 483 g/mol. The number of phenols is 1. The van der Waals surface area contributed by atoms with E-state index < -0.39 is 0 Å². The van der Waals surface area contributed by atoms with Crippen molar-refractivity contribution in [2.75, 3.05) is 11.9 Å². The van der Waals surface area contributed by atoms with Crippen molar-refractivity contribution in [3.63, 3.8) is 0 Å². The summed E-state index contributed by atoms with van der Waals surface area (Å²) >= 11 is 0. The second-order valence-electron chi connectivity index (χ2n) is 9.83. The van der Waals surface area contributed by atoms with E-state index in [1.807, 2.05) is 20.8 Å². The summed E-state index contributed by atoms with van der Waals surface area (Å²) in [6.07, 6.45) is 5.41. The fourth-order valence-electron chi connectivity index (χ4n) is 4.01. The smallest absolute Gasteiger partial charge is 0.407 e. The molecular formula is C25H33N5O5. The van der Waals surface area contributed by atoms with Gasteiger partial charge in [-0.15, -0.1) is 0 Å². The number of nitrogens with zero attached hydrogens (tertiary/aromatic N) is 2. The minimum Gasteiger partial charge on any atom is -0.507 e. The molecule has 2 atom stereocenters. The fraction of sp³-hybridized carbons (Fsp3) is 0.520. The van der Waals surface area contributed by atoms with Gasteiger partial charge in [0, 0.05) is 35.5 Å². The number of aromatic amines is 1. The van der Waals surface area contributed by atoms with Crippen LogP contribution in [0.3, 0.4) is 0 Å². The maximum atomic E-state index is 12.4. The van der Waals surface area contributed by atoms with Gasteiger partial charge in [-0.3, -0.25) is 14.9 Å². The summed E-state index contributed by atoms with van der Waals surface area (Å²) < 4.78 is 11.2. The van der Waals surface area contributed by atoms with Crippen molar-refractivity contribution < 1.29 is 24.2 Å². The van der Waals surface area contributed by atoms with E-state index in [2.05, 4.69) is 25.8 Å². The summed E-state index contributed by atoms with van der Waals surface area (Å²) in [5, 5.41) is 22.9. The third-order valence-electron chi connectivity index (χ3n) is 6.27. The van der Waals surface area contributed by atoms with Crippen LogP contribution in [-0.2, 0) is 9.53 Å². The first-order valence-corrected chi connectivity index (χ1v) is 12.0. The molecule has 1 aromatic heterocycles. The van der Waals surface area contributed by atoms with E-state index in [1.54, 1.807) is 24.4 Å². The number of amides is 2. The first-order valence-electron chi connectivity index (χ1n) is 12.0. The first-order chi connectivity index (χ1) is 16.7. The Morgan fingerprint density at radius 3 is 2.89 bits per heavy atom. The Hall–Kier alpha value is -3.56. The molecule has 2 aromatic rings. The van der Waals surface area contributed by atoms with Crippen molar-refractivity contribution in [2.45, 2.75) is 76.5 Å². The minimum absolute atomic E-state index is 0.0299. The lowest BCUT2D eigenvalue weighted by Crippen LogP contribution is -2.36. The highest BCUT2D eigenvalue weighted by Gasteiger charge is 2.40. The Morgan fingerprint density at radius 1 is 1.34 bits per heavy atom. The van der Waals surface area contributed by atoms with Crippen LogP contribution in [-0.4, -0.2) is 57.8 Å². The van der Waals surface area contributed by atoms with Crippen molar-refractivity contribution in [1.82, 2.24) is 15.5 Å². The lowest BCUT2D eigenvalue weighted by molar-refractivity contribution is -0.118. The van der Waals surface area contributed by atoms with Gasteiger partial charge in [0.25, 0.3) is 5.91 Å². The van der Waals surface area contributed by atoms with Gasteiger partial charge >= 0.3 is 6.09 Å². The maximum Gasteiger partial charge on any atom is 0.407 e. The lowest BCUT2D eigenvalue weighted by atomic mass is 10.0. The quantitative estimate of drug-likeness (QED) is 0.400. The van der Waals surface area contributed by atoms with Crippen LogP contribution in [0.5, 0.6) is 11.5 Å². The van der Waals surface area contributed by atoms with Crippen molar-refractivity contribution in [1.29, 1.82) is 0 Å². The number of ether oxygens (including phenoxy) is 2. The second-order valence-corrected chi connectivity index (χ2v) is 9.83. The summed E-state index contributed by atoms with van der Waals surface area (Å²) in [6, 6.07) is 6.71. The zero-order valence-electron chi connectivity index (χ0n) is 20.3. The average molecular weight is 484 g/mol. The highest BCUT2D eigenvalue weighted by Crippen LogP contribution is 2.37. The van der Waals surface area contributed by atoms with Crippen LogP contribution in [0.15, 0.2) is 29.3 Å². The number of anilines is 1. The molecule has 2 fully saturated rings. The number of nitrogens with one attached hydrogen (secondary N) is 3. The maximum absolute atomic E-state index is 12.4. The Labute approximate surface area is 204 Å². The molecule has 0 unspecified atom stereocenters. The van der Waals surface area contributed by atoms with E-state index in [9.17, 15) is 14.7 Å². The molecule has 1 aromatic carbocycles. The number of alkyl carbamates (subject to hydrolysis) is 1. The van der Waals surface area contributed by atoms with Gasteiger partial charge in [-0.05, 0) is 65.0 Å². The molecule has 0 bridgehead atoms. The van der Waals surface area contributed by atoms with Gasteiger partial charge in [0.15, 0.2) is 12.4 Å². The third-order valence-corrected chi connectivity index (χ3v) is 6.27. The molecule has 2 saturated carbocycles. The number of hydrogen-bond acceptors (Lipinski definition) is 7. The number of hydrogen-bond donors (Lipinski definition) is 4. The summed E-state index contributed by atoms with van der Waals surface area (Å²) in [7, 11) is 0. The number of aromatic hydroxyl groups is 1. The zero-order chi connectivity index (χ0) is 25.0. The molecule has 188 valence electrons. The molecule has 2 aliphatic carbocycles. The number of carbonyl (C=O) groups is 2. The molecule has 2 amide bonds. The molecule has 0 radical (unpaired) electrons. The van der Waals surface area contributed by atoms with Crippen molar-refractivity contribution in [3.8, 4) is 11.5 Å². The highest BCUT2D eigenvalue weighted by atomic mass is 16.6. The molecule has 0 saturated heterocycles. The largest absolute Gasteiger partial charge is 0.507 e. The summed E-state index contributed by atoms with van der Waals surface area (Å²) in [5.41, 5.74) is 1.22. The number of H-pyrrole nitrogens is 1. The topological polar surface area (TPSA) is 138 Å². The highest BCUT2D eigenvalue weighted by molar-refractivity contribution is 5.91. The molecule has 35 heavy (non-hydrogen) atoms. The molecule has 1 heterocycles. The number of carbonyl (C=O) groups excluding carboxylic acids is 2. The van der Waals surface area contributed by atoms with Gasteiger partial charge in [-0.1, -0.05) is 6.07 Å². The van der Waals surface area contributed by atoms with Crippen LogP contribution in [0, 0.1) is 0 Å². The summed E-state index contributed by atoms with van der Waals surface area (Å²) in [5.74, 6) is 0.589. The van der Waals surface area contributed by atoms with E-state index in [0.717, 1.165) is 31.4 Å². The molecular weight excluding hydrogens is 450 g/mol. The van der Waals surface area contributed by atoms with Gasteiger partial charge in [0.1, 0.15) is 17.6 Å². The van der Waals surface area contributed by atoms with Crippen LogP contribution < -0.4 is 15.4 Å². The van der Waals surface area contributed by atoms with Crippen LogP contribution in [0.25, 0.3) is 0 Å². The Bertz CT molecular complexity index is 1090. The molecule has 4 N–H and O–H groups in total. The molecule has 2 aliphatic rings. The van der Waals surface area contributed by atoms with E-state index in [-0.39, 0.29) is 48.0 Å². The molecule has 10 nitrogen and oxygen atoms in total. The fourth-order valence-corrected chi connectivity index (χ4v) is 4.01. The van der Waals surface area contributed by atoms with Crippen LogP contribution in [0.2, 0.25) is 0 Å². The van der Waals surface area contributed by atoms with E-state index in [0.29, 0.717) is 23.6 Å². The lowest BCUT2D eigenvalue weighted by Gasteiger charge is -2.16. The van der Waals surface area contributed by atoms with Gasteiger partial charge < -0.3 is 25.2 Å². The van der Waals surface area contributed by atoms with Gasteiger partial charge in [-0.25, -0.2) is 4.79 Å². The molecule has 0 aliphatic heterocycles. The number of phenolic OH excluding ortho intramolecular Hbond substituents is 1. The Morgan fingerprint density at radius 2 is 2.14 bits per heavy atom. The number of rotatable bonds is 9. The SMILES string of the molecule is CC(C)N=Cc1c(O)cccc1OCC(=O)Nc1cc([C@H]2CC[C@@H](OC(=O)NC3(C)CC3)C2)[nH]n1. The van der Waals surface area contributed by atoms with Crippen LogP contribution in [0.1, 0.15) is 70.1 Å². The van der Waals surface area contributed by atoms with Crippen LogP contribution in [0.4, 0.5) is 10.6 Å². The van der Waals surface area contributed by atoms with E-state index >= 15 is 0 Å². The number of aromatic nitrogens is 2. The molecule has 10 heteroatoms. The predicted octanol–water partition coefficient (Wildman–Crippen LogP) is 3.87. The predicted molar refractivity (Wildman–Crippen MR) is 131 cm³/mol. The Balaban J connectivity index is 1.26. The second kappa shape index (κ2) is 10.4. The number of aliphatic imine (C=N–C) groups is 1. The average Bonchev–Trinajstić information content (AvgIpc) is 3.15. The van der Waals surface area contributed by atoms with E-state index in [1.165, 1.54) is 6.07 Å². The minimum atomic E-state index is -0.379. The molecule has 4 rings (SSSR count). The van der Waals surface area contributed by atoms with Crippen molar-refractivity contribution >= 4 is 24.0 Å². The zero-order valence-corrected chi connectivity index (χ0v) is 20.3. The van der Waals surface area contributed by atoms with Crippen molar-refractivity contribution in [3.05, 3.63) is 35.5 Å². The van der Waals surface area contributed by atoms with Gasteiger partial charge in [0.2, 0.25) is 0 Å². The summed E-state index contributed by atoms with van der Waals surface area (Å²) in [6.45, 7) is 5.61. The van der Waals surface area contributed by atoms with Gasteiger partial charge in [-0.2, -0.15) is 5.10 Å². The first kappa shape index (κ1) is 24.6. The van der Waals surface area contributed by atoms with E-state index in [4.69, 9.17) is 9.47 Å². The van der Waals surface area contributed by atoms with Crippen molar-refractivity contribution in [2.24, 2.45) is 4.99 Å². The summed E-state index contributed by atoms with van der Waals surface area (Å²) in [4.78, 5) is 28.8. The van der Waals surface area contributed by atoms with Gasteiger partial charge in [0.05, 0.1) is 5.56 Å². The number of benzene rings is 1. The standard InChI is InChI=1S/C25H33N5O5/c1-15(2)26-13-18-20(31)5-4-6-21(18)34-14-23(32)27-22-12-19(29-30-22)16-7-8-17(11-16)35-24(33)28-25(3)9-10-25/h4-6,12-13,15-17,31H,7-11,14H2,1-3H3,(H,28,33)(H2,27,29,30,32)/t16-,17+/m0/s1. The van der Waals surface area contributed by atoms with Crippen LogP contribution >= 0.6 is 0 Å². The molecule has 0 spiro atoms. The Kier molecular flexibility index (Phi) is 7.28.